The second-order valence-electron chi connectivity index (χ2n) is 13.7. The van der Waals surface area contributed by atoms with Crippen LogP contribution in [-0.4, -0.2) is 30.0 Å². The second-order valence-corrected chi connectivity index (χ2v) is 13.7. The molecule has 0 aromatic carbocycles. The van der Waals surface area contributed by atoms with Crippen molar-refractivity contribution in [3.8, 4) is 0 Å². The van der Waals surface area contributed by atoms with E-state index in [-0.39, 0.29) is 30.0 Å². The lowest BCUT2D eigenvalue weighted by Crippen LogP contribution is -2.54. The Labute approximate surface area is 192 Å². The lowest BCUT2D eigenvalue weighted by atomic mass is 9.53. The Morgan fingerprint density at radius 1 is 0.788 bits per heavy atom. The van der Waals surface area contributed by atoms with Gasteiger partial charge in [-0.15, -0.1) is 0 Å². The van der Waals surface area contributed by atoms with Crippen LogP contribution in [0.2, 0.25) is 0 Å². The summed E-state index contributed by atoms with van der Waals surface area (Å²) in [5.41, 5.74) is -0.778. The Morgan fingerprint density at radius 3 is 1.85 bits per heavy atom. The number of allylic oxidation sites excluding steroid dienone is 2. The van der Waals surface area contributed by atoms with Crippen LogP contribution in [0.25, 0.3) is 0 Å². The maximum Gasteiger partial charge on any atom is 0.392 e. The molecule has 7 fully saturated rings. The van der Waals surface area contributed by atoms with Gasteiger partial charge in [0.05, 0.1) is 24.0 Å². The fraction of sp³-hybridized carbons (Fsp3) is 0.889. The molecule has 2 aliphatic heterocycles. The Hall–Kier alpha value is -1.04. The van der Waals surface area contributed by atoms with Gasteiger partial charge in [0, 0.05) is 0 Å². The lowest BCUT2D eigenvalue weighted by Gasteiger charge is -2.49. The Bertz CT molecular complexity index is 951. The summed E-state index contributed by atoms with van der Waals surface area (Å²) >= 11 is 0. The quantitative estimate of drug-likeness (QED) is 0.309. The molecular formula is C27H33F3O3. The Balaban J connectivity index is 1.15. The van der Waals surface area contributed by atoms with Gasteiger partial charge in [-0.05, 0) is 111 Å². The number of carbonyl (C=O) groups excluding carboxylic acids is 1. The summed E-state index contributed by atoms with van der Waals surface area (Å²) < 4.78 is 55.4. The van der Waals surface area contributed by atoms with E-state index < -0.39 is 35.5 Å². The molecule has 8 rings (SSSR count). The van der Waals surface area contributed by atoms with Gasteiger partial charge in [-0.25, -0.2) is 0 Å². The predicted molar refractivity (Wildman–Crippen MR) is 112 cm³/mol. The normalized spacial score (nSPS) is 60.5. The minimum Gasteiger partial charge on any atom is -0.460 e. The van der Waals surface area contributed by atoms with Crippen LogP contribution in [0.4, 0.5) is 13.2 Å². The van der Waals surface area contributed by atoms with E-state index >= 15 is 0 Å². The van der Waals surface area contributed by atoms with Gasteiger partial charge in [-0.2, -0.15) is 13.2 Å². The number of esters is 1. The molecule has 6 heteroatoms. The van der Waals surface area contributed by atoms with Crippen LogP contribution in [0, 0.1) is 82.9 Å². The van der Waals surface area contributed by atoms with Crippen molar-refractivity contribution in [1.29, 1.82) is 0 Å². The van der Waals surface area contributed by atoms with Crippen LogP contribution in [0.3, 0.4) is 0 Å². The van der Waals surface area contributed by atoms with E-state index in [1.807, 2.05) is 0 Å². The summed E-state index contributed by atoms with van der Waals surface area (Å²) in [4.78, 5) is 13.1. The van der Waals surface area contributed by atoms with Crippen LogP contribution < -0.4 is 0 Å². The molecule has 0 amide bonds. The molecule has 3 nitrogen and oxygen atoms in total. The number of halogens is 3. The fourth-order valence-corrected chi connectivity index (χ4v) is 11.7. The highest BCUT2D eigenvalue weighted by Gasteiger charge is 2.80. The predicted octanol–water partition coefficient (Wildman–Crippen LogP) is 5.11. The maximum atomic E-state index is 14.4. The molecule has 0 aromatic heterocycles. The van der Waals surface area contributed by atoms with Crippen molar-refractivity contribution in [2.75, 3.05) is 0 Å². The van der Waals surface area contributed by atoms with Crippen LogP contribution in [-0.2, 0) is 14.3 Å². The summed E-state index contributed by atoms with van der Waals surface area (Å²) in [5, 5.41) is 0. The molecule has 5 saturated carbocycles. The summed E-state index contributed by atoms with van der Waals surface area (Å²) in [6.45, 7) is 5.22. The minimum absolute atomic E-state index is 0.0107. The molecule has 8 bridgehead atoms. The standard InChI is InChI=1S/C27H33F3O3/c1-26(2,3)33-25(31)21-13-8-14(22(21)27(28,29)30)20-19(13)23-17-11-7-12(18(17)24(20)32-23)16-10-5-4-9(6-10)15(11)16/h4-5,9-24H,6-8H2,1-3H3. The first-order valence-corrected chi connectivity index (χ1v) is 13.2. The van der Waals surface area contributed by atoms with Crippen molar-refractivity contribution in [2.24, 2.45) is 82.9 Å². The van der Waals surface area contributed by atoms with Gasteiger partial charge in [0.25, 0.3) is 0 Å². The van der Waals surface area contributed by atoms with Crippen LogP contribution in [0.5, 0.6) is 0 Å². The van der Waals surface area contributed by atoms with Gasteiger partial charge in [0.1, 0.15) is 5.60 Å². The zero-order chi connectivity index (χ0) is 22.8. The topological polar surface area (TPSA) is 35.5 Å². The molecule has 0 aromatic rings. The zero-order valence-electron chi connectivity index (χ0n) is 19.4. The van der Waals surface area contributed by atoms with E-state index in [1.54, 1.807) is 20.8 Å². The molecule has 0 radical (unpaired) electrons. The molecule has 2 heterocycles. The fourth-order valence-electron chi connectivity index (χ4n) is 11.7. The van der Waals surface area contributed by atoms with Gasteiger partial charge in [0.15, 0.2) is 0 Å². The van der Waals surface area contributed by atoms with Gasteiger partial charge < -0.3 is 9.47 Å². The Kier molecular flexibility index (Phi) is 3.57. The number of hydrogen-bond donors (Lipinski definition) is 0. The SMILES string of the molecule is CC(C)(C)OC(=O)C1C2CC(C3C4OC(C23)C2C3CC(C5C6C=CC(C6)C35)C42)C1C(F)(F)F. The largest absolute Gasteiger partial charge is 0.460 e. The number of carbonyl (C=O) groups is 1. The average molecular weight is 463 g/mol. The number of rotatable bonds is 1. The first-order chi connectivity index (χ1) is 15.5. The van der Waals surface area contributed by atoms with Gasteiger partial charge in [0.2, 0.25) is 0 Å². The molecule has 0 N–H and O–H groups in total. The van der Waals surface area contributed by atoms with E-state index in [9.17, 15) is 18.0 Å². The number of hydrogen-bond acceptors (Lipinski definition) is 3. The van der Waals surface area contributed by atoms with Crippen molar-refractivity contribution in [1.82, 2.24) is 0 Å². The summed E-state index contributed by atoms with van der Waals surface area (Å²) in [5.74, 6) is 1.34. The van der Waals surface area contributed by atoms with E-state index in [1.165, 1.54) is 12.8 Å². The molecule has 16 atom stereocenters. The molecule has 6 aliphatic carbocycles. The van der Waals surface area contributed by atoms with Gasteiger partial charge >= 0.3 is 12.1 Å². The van der Waals surface area contributed by atoms with E-state index in [2.05, 4.69) is 12.2 Å². The van der Waals surface area contributed by atoms with Gasteiger partial charge in [-0.1, -0.05) is 12.2 Å². The molecule has 33 heavy (non-hydrogen) atoms. The molecule has 2 saturated heterocycles. The number of alkyl halides is 3. The Morgan fingerprint density at radius 2 is 1.30 bits per heavy atom. The third-order valence-corrected chi connectivity index (χ3v) is 11.7. The van der Waals surface area contributed by atoms with Gasteiger partial charge in [-0.3, -0.25) is 4.79 Å². The average Bonchev–Trinajstić information content (AvgIpc) is 3.54. The molecular weight excluding hydrogens is 429 g/mol. The van der Waals surface area contributed by atoms with Crippen LogP contribution in [0.1, 0.15) is 40.0 Å². The van der Waals surface area contributed by atoms with Crippen molar-refractivity contribution in [3.05, 3.63) is 12.2 Å². The molecule has 16 unspecified atom stereocenters. The summed E-state index contributed by atoms with van der Waals surface area (Å²) in [6.07, 6.45) is 3.65. The van der Waals surface area contributed by atoms with Crippen molar-refractivity contribution in [3.63, 3.8) is 0 Å². The highest BCUT2D eigenvalue weighted by Crippen LogP contribution is 2.78. The van der Waals surface area contributed by atoms with E-state index in [4.69, 9.17) is 9.47 Å². The highest BCUT2D eigenvalue weighted by molar-refractivity contribution is 5.75. The molecule has 8 aliphatic rings. The smallest absolute Gasteiger partial charge is 0.392 e. The monoisotopic (exact) mass is 462 g/mol. The van der Waals surface area contributed by atoms with Crippen LogP contribution >= 0.6 is 0 Å². The van der Waals surface area contributed by atoms with Crippen molar-refractivity contribution >= 4 is 5.97 Å². The summed E-state index contributed by atoms with van der Waals surface area (Å²) in [6, 6.07) is 0. The molecule has 0 spiro atoms. The van der Waals surface area contributed by atoms with E-state index in [0.29, 0.717) is 36.0 Å². The zero-order valence-corrected chi connectivity index (χ0v) is 19.4. The number of fused-ring (bicyclic) bond motifs is 23. The second kappa shape index (κ2) is 5.84. The maximum absolute atomic E-state index is 14.4. The summed E-state index contributed by atoms with van der Waals surface area (Å²) in [7, 11) is 0. The third kappa shape index (κ3) is 2.27. The van der Waals surface area contributed by atoms with Crippen molar-refractivity contribution in [2.45, 2.75) is 64.0 Å². The van der Waals surface area contributed by atoms with Crippen molar-refractivity contribution < 1.29 is 27.4 Å². The first-order valence-electron chi connectivity index (χ1n) is 13.2. The van der Waals surface area contributed by atoms with Crippen LogP contribution in [0.15, 0.2) is 12.2 Å². The first kappa shape index (κ1) is 20.2. The third-order valence-electron chi connectivity index (χ3n) is 11.7. The minimum atomic E-state index is -4.37. The number of ether oxygens (including phenoxy) is 2. The molecule has 180 valence electrons. The van der Waals surface area contributed by atoms with E-state index in [0.717, 1.165) is 17.8 Å². The lowest BCUT2D eigenvalue weighted by molar-refractivity contribution is -0.222. The highest BCUT2D eigenvalue weighted by atomic mass is 19.4.